The zero-order valence-electron chi connectivity index (χ0n) is 61.6. The van der Waals surface area contributed by atoms with Gasteiger partial charge in [-0.25, -0.2) is 9.97 Å². The number of H-pyrrole nitrogens is 2. The van der Waals surface area contributed by atoms with Crippen molar-refractivity contribution in [3.05, 3.63) is 72.8 Å². The van der Waals surface area contributed by atoms with Crippen LogP contribution in [0.1, 0.15) is 205 Å². The molecule has 8 bridgehead atoms. The maximum Gasteiger partial charge on any atom is 0.0737 e. The second-order valence-electron chi connectivity index (χ2n) is 27.5. The lowest BCUT2D eigenvalue weighted by Crippen LogP contribution is -1.90. The number of thioether (sulfide) groups is 8. The lowest BCUT2D eigenvalue weighted by molar-refractivity contribution is 0.282. The van der Waals surface area contributed by atoms with E-state index in [1.165, 1.54) is 39.2 Å². The molecule has 10 N–H and O–H groups in total. The monoisotopic (exact) mass is 1570 g/mol. The highest BCUT2D eigenvalue weighted by atomic mass is 32.2. The molecule has 0 unspecified atom stereocenters. The van der Waals surface area contributed by atoms with Gasteiger partial charge in [-0.1, -0.05) is 103 Å². The Hall–Kier alpha value is -3.00. The Labute approximate surface area is 654 Å². The first kappa shape index (κ1) is 85.0. The predicted molar refractivity (Wildman–Crippen MR) is 455 cm³/mol. The average molecular weight is 1570 g/mol. The molecule has 0 radical (unpaired) electrons. The molecule has 5 heterocycles. The molecule has 2 aliphatic rings. The Balaban J connectivity index is 1.34. The third kappa shape index (κ3) is 26.6. The summed E-state index contributed by atoms with van der Waals surface area (Å²) in [4.78, 5) is 30.0. The van der Waals surface area contributed by atoms with Gasteiger partial charge < -0.3 is 50.8 Å². The van der Waals surface area contributed by atoms with Crippen molar-refractivity contribution < 1.29 is 40.9 Å². The third-order valence-corrected chi connectivity index (χ3v) is 28.9. The van der Waals surface area contributed by atoms with Gasteiger partial charge in [0.05, 0.1) is 22.8 Å². The van der Waals surface area contributed by atoms with Crippen LogP contribution in [0.15, 0.2) is 112 Å². The minimum absolute atomic E-state index is 0.226. The summed E-state index contributed by atoms with van der Waals surface area (Å²) in [5.41, 5.74) is 12.1. The number of hydrogen-bond donors (Lipinski definition) is 10. The number of hydrogen-bond acceptors (Lipinski definition) is 18. The van der Waals surface area contributed by atoms with Crippen LogP contribution >= 0.6 is 94.1 Å². The van der Waals surface area contributed by atoms with Crippen LogP contribution in [-0.2, 0) is 0 Å². The molecule has 4 aromatic carbocycles. The zero-order valence-corrected chi connectivity index (χ0v) is 68.1. The van der Waals surface area contributed by atoms with Gasteiger partial charge in [-0.15, -0.1) is 94.1 Å². The van der Waals surface area contributed by atoms with Crippen molar-refractivity contribution >= 4 is 138 Å². The summed E-state index contributed by atoms with van der Waals surface area (Å²) >= 11 is 15.5. The highest BCUT2D eigenvalue weighted by Crippen LogP contribution is 2.49. The van der Waals surface area contributed by atoms with E-state index in [-0.39, 0.29) is 52.9 Å². The maximum atomic E-state index is 9.65. The van der Waals surface area contributed by atoms with E-state index in [0.717, 1.165) is 340 Å². The molecule has 12 nitrogen and oxygen atoms in total. The molecule has 104 heavy (non-hydrogen) atoms. The van der Waals surface area contributed by atoms with Crippen molar-refractivity contribution in [3.63, 3.8) is 0 Å². The molecule has 570 valence electrons. The summed E-state index contributed by atoms with van der Waals surface area (Å²) in [7, 11) is 0. The molecule has 0 spiro atoms. The molecule has 7 aromatic rings. The predicted octanol–water partition coefficient (Wildman–Crippen LogP) is 22.4. The quantitative estimate of drug-likeness (QED) is 0.0127. The van der Waals surface area contributed by atoms with Gasteiger partial charge in [0, 0.05) is 158 Å². The molecule has 3 aromatic heterocycles. The molecule has 0 atom stereocenters. The summed E-state index contributed by atoms with van der Waals surface area (Å²) in [6.07, 6.45) is 31.9. The number of rotatable bonds is 56. The van der Waals surface area contributed by atoms with Crippen LogP contribution in [0.25, 0.3) is 88.6 Å². The number of unbranched alkanes of at least 4 members (excludes halogenated alkanes) is 24. The molecule has 2 aliphatic heterocycles. The number of nitrogens with zero attached hydrogens (tertiary/aromatic N) is 2. The van der Waals surface area contributed by atoms with Crippen molar-refractivity contribution in [2.24, 2.45) is 0 Å². The number of fused-ring (bicyclic) bond motifs is 20. The van der Waals surface area contributed by atoms with E-state index < -0.39 is 0 Å². The largest absolute Gasteiger partial charge is 0.396 e. The number of aliphatic hydroxyl groups excluding tert-OH is 8. The molecule has 0 aliphatic carbocycles. The van der Waals surface area contributed by atoms with Gasteiger partial charge in [0.1, 0.15) is 0 Å². The van der Waals surface area contributed by atoms with Crippen LogP contribution in [0.4, 0.5) is 0 Å². The number of aromatic nitrogens is 4. The van der Waals surface area contributed by atoms with Crippen molar-refractivity contribution in [1.82, 2.24) is 19.9 Å². The topological polar surface area (TPSA) is 219 Å². The van der Waals surface area contributed by atoms with Crippen LogP contribution in [0.5, 0.6) is 0 Å². The average Bonchev–Trinajstić information content (AvgIpc) is 1.59. The van der Waals surface area contributed by atoms with Crippen molar-refractivity contribution in [1.29, 1.82) is 0 Å². The summed E-state index contributed by atoms with van der Waals surface area (Å²) < 4.78 is 0. The van der Waals surface area contributed by atoms with Gasteiger partial charge in [0.2, 0.25) is 0 Å². The Morgan fingerprint density at radius 1 is 0.192 bits per heavy atom. The fourth-order valence-electron chi connectivity index (χ4n) is 13.4. The van der Waals surface area contributed by atoms with E-state index in [2.05, 4.69) is 82.8 Å². The van der Waals surface area contributed by atoms with Crippen molar-refractivity contribution in [3.8, 4) is 45.0 Å². The van der Waals surface area contributed by atoms with Gasteiger partial charge >= 0.3 is 0 Å². The normalized spacial score (nSPS) is 12.1. The van der Waals surface area contributed by atoms with Gasteiger partial charge in [-0.3, -0.25) is 0 Å². The van der Waals surface area contributed by atoms with E-state index >= 15 is 0 Å². The van der Waals surface area contributed by atoms with Gasteiger partial charge in [-0.2, -0.15) is 0 Å². The molecule has 0 amide bonds. The molecular formula is C84H118N4O8S8. The molecule has 0 saturated carbocycles. The Morgan fingerprint density at radius 3 is 0.510 bits per heavy atom. The van der Waals surface area contributed by atoms with Gasteiger partial charge in [-0.05, 0) is 222 Å². The Morgan fingerprint density at radius 2 is 0.346 bits per heavy atom. The number of aliphatic hydroxyl groups is 8. The van der Waals surface area contributed by atoms with Crippen LogP contribution < -0.4 is 0 Å². The first-order valence-electron chi connectivity index (χ1n) is 39.3. The summed E-state index contributed by atoms with van der Waals surface area (Å²) in [6.45, 7) is 1.81. The molecule has 0 saturated heterocycles. The Kier molecular flexibility index (Phi) is 40.3. The number of benzene rings is 4. The van der Waals surface area contributed by atoms with Crippen LogP contribution in [0, 0.1) is 0 Å². The second-order valence-corrected chi connectivity index (χ2v) is 36.6. The molecule has 9 rings (SSSR count). The summed E-state index contributed by atoms with van der Waals surface area (Å²) in [5, 5.41) is 81.8. The first-order chi connectivity index (χ1) is 51.3. The second kappa shape index (κ2) is 49.3. The fraction of sp³-hybridized carbons (Fsp3) is 0.571. The maximum absolute atomic E-state index is 9.65. The molecule has 20 heteroatoms. The van der Waals surface area contributed by atoms with E-state index in [9.17, 15) is 40.9 Å². The molecule has 0 fully saturated rings. The smallest absolute Gasteiger partial charge is 0.0737 e. The van der Waals surface area contributed by atoms with E-state index in [0.29, 0.717) is 0 Å². The minimum Gasteiger partial charge on any atom is -0.396 e. The highest BCUT2D eigenvalue weighted by molar-refractivity contribution is 8.03. The van der Waals surface area contributed by atoms with Crippen molar-refractivity contribution in [2.75, 3.05) is 98.9 Å². The summed E-state index contributed by atoms with van der Waals surface area (Å²) in [6, 6.07) is 28.8. The lowest BCUT2D eigenvalue weighted by atomic mass is 10.0. The van der Waals surface area contributed by atoms with Crippen LogP contribution in [-0.4, -0.2) is 160 Å². The SMILES string of the molecule is OCCCCCCSc1cc2c(cc1SCCCCCCO)-c1cc3[nH]c(cc4nc(cc5[nH]c(cc-2n1)c1cc(SCCCCCCO)c(SCCCCCCO)cc51)-c1cc(SCCCCCCO)c(SCCCCCCO)cc1-4)c1cc(SCCCCCCO)c(SCCCCCCO)cc31. The van der Waals surface area contributed by atoms with Gasteiger partial charge in [0.15, 0.2) is 0 Å². The lowest BCUT2D eigenvalue weighted by Gasteiger charge is -2.13. The fourth-order valence-corrected chi connectivity index (χ4v) is 22.6. The number of aromatic amines is 2. The van der Waals surface area contributed by atoms with Crippen LogP contribution in [0.2, 0.25) is 0 Å². The summed E-state index contributed by atoms with van der Waals surface area (Å²) in [5.74, 6) is 7.81. The minimum atomic E-state index is 0.226. The first-order valence-corrected chi connectivity index (χ1v) is 47.2. The van der Waals surface area contributed by atoms with Gasteiger partial charge in [0.25, 0.3) is 0 Å². The van der Waals surface area contributed by atoms with Crippen LogP contribution in [0.3, 0.4) is 0 Å². The number of nitrogens with one attached hydrogen (secondary N) is 2. The molecular weight excluding hydrogens is 1450 g/mol. The standard InChI is InChI=1S/C84H118N4O8S8/c89-33-17-1-9-25-41-97-77-49-61-62(50-78(77)98-42-26-10-2-18-34-90)70-58-72-65-53-81(101-45-29-13-5-21-37-93)82(102-46-30-14-6-22-38-94)54-66(65)74(87-72)60-76-68-56-84(104-48-32-16-8-24-40-96)83(103-47-31-15-7-23-39-95)55-67(68)75(88-76)59-73-64-52-80(100-44-28-12-4-20-36-92)79(99-43-27-11-3-19-35-91)51-63(64)71(86-73)57-69(61)85-70/h49-60,85,88-96H,1-48H2. The van der Waals surface area contributed by atoms with E-state index in [4.69, 9.17) is 9.97 Å². The zero-order chi connectivity index (χ0) is 72.8. The highest BCUT2D eigenvalue weighted by Gasteiger charge is 2.25. The Bertz CT molecular complexity index is 3390. The van der Waals surface area contributed by atoms with E-state index in [1.807, 2.05) is 94.1 Å². The van der Waals surface area contributed by atoms with Crippen molar-refractivity contribution in [2.45, 2.75) is 245 Å². The van der Waals surface area contributed by atoms with E-state index in [1.54, 1.807) is 0 Å². The third-order valence-electron chi connectivity index (χ3n) is 19.2.